The summed E-state index contributed by atoms with van der Waals surface area (Å²) in [6.07, 6.45) is 7.07. The number of imidazole rings is 1. The van der Waals surface area contributed by atoms with Gasteiger partial charge in [0.05, 0.1) is 16.6 Å². The molecule has 19 heavy (non-hydrogen) atoms. The van der Waals surface area contributed by atoms with Crippen LogP contribution in [0.25, 0.3) is 11.0 Å². The van der Waals surface area contributed by atoms with Crippen LogP contribution in [0.1, 0.15) is 37.4 Å². The Bertz CT molecular complexity index is 588. The van der Waals surface area contributed by atoms with Crippen molar-refractivity contribution in [3.8, 4) is 0 Å². The van der Waals surface area contributed by atoms with E-state index < -0.39 is 0 Å². The normalized spacial score (nSPS) is 17.9. The van der Waals surface area contributed by atoms with Gasteiger partial charge in [-0.25, -0.2) is 9.66 Å². The van der Waals surface area contributed by atoms with E-state index in [-0.39, 0.29) is 5.38 Å². The number of fused-ring (bicyclic) bond motifs is 1. The lowest BCUT2D eigenvalue weighted by Crippen LogP contribution is -2.40. The van der Waals surface area contributed by atoms with Gasteiger partial charge in [-0.05, 0) is 26.2 Å². The number of piperidine rings is 1. The van der Waals surface area contributed by atoms with Crippen LogP contribution in [0.15, 0.2) is 12.4 Å². The molecule has 102 valence electrons. The molecule has 0 aliphatic carbocycles. The highest BCUT2D eigenvalue weighted by Crippen LogP contribution is 2.29. The predicted molar refractivity (Wildman–Crippen MR) is 78.6 cm³/mol. The van der Waals surface area contributed by atoms with Gasteiger partial charge < -0.3 is 5.01 Å². The Kier molecular flexibility index (Phi) is 3.54. The first-order valence-corrected chi connectivity index (χ1v) is 7.41. The average molecular weight is 299 g/mol. The lowest BCUT2D eigenvalue weighted by molar-refractivity contribution is 0.475. The fourth-order valence-corrected chi connectivity index (χ4v) is 2.99. The number of alkyl halides is 1. The Morgan fingerprint density at radius 1 is 1.21 bits per heavy atom. The molecule has 1 atom stereocenters. The second kappa shape index (κ2) is 5.17. The molecule has 0 spiro atoms. The Morgan fingerprint density at radius 3 is 2.63 bits per heavy atom. The van der Waals surface area contributed by atoms with Crippen molar-refractivity contribution in [3.63, 3.8) is 0 Å². The van der Waals surface area contributed by atoms with E-state index in [2.05, 4.69) is 19.7 Å². The molecule has 2 aromatic heterocycles. The van der Waals surface area contributed by atoms with E-state index in [9.17, 15) is 0 Å². The van der Waals surface area contributed by atoms with Gasteiger partial charge in [-0.1, -0.05) is 11.6 Å². The molecule has 1 fully saturated rings. The molecule has 0 amide bonds. The maximum Gasteiger partial charge on any atom is 0.146 e. The maximum absolute atomic E-state index is 6.31. The van der Waals surface area contributed by atoms with E-state index in [0.717, 1.165) is 29.9 Å². The molecular formula is C13H16Cl2N4. The Hall–Kier alpha value is -1.00. The standard InChI is InChI=1S/C13H16Cl2N4/c1-9(14)13-17-11-8-16-7-10(15)12(11)19(13)18-5-3-2-4-6-18/h7-9H,2-6H2,1H3. The van der Waals surface area contributed by atoms with Gasteiger partial charge in [0.1, 0.15) is 16.9 Å². The summed E-state index contributed by atoms with van der Waals surface area (Å²) in [5.74, 6) is 0.841. The smallest absolute Gasteiger partial charge is 0.146 e. The van der Waals surface area contributed by atoms with Crippen molar-refractivity contribution in [3.05, 3.63) is 23.2 Å². The van der Waals surface area contributed by atoms with E-state index in [1.165, 1.54) is 19.3 Å². The lowest BCUT2D eigenvalue weighted by atomic mass is 10.2. The van der Waals surface area contributed by atoms with Crippen LogP contribution in [-0.4, -0.2) is 27.7 Å². The minimum Gasteiger partial charge on any atom is -0.311 e. The summed E-state index contributed by atoms with van der Waals surface area (Å²) in [5, 5.41) is 2.75. The first kappa shape index (κ1) is 13.0. The summed E-state index contributed by atoms with van der Waals surface area (Å²) < 4.78 is 2.09. The monoisotopic (exact) mass is 298 g/mol. The van der Waals surface area contributed by atoms with Crippen molar-refractivity contribution >= 4 is 34.2 Å². The number of rotatable bonds is 2. The first-order chi connectivity index (χ1) is 9.18. The molecule has 3 heterocycles. The summed E-state index contributed by atoms with van der Waals surface area (Å²) >= 11 is 12.6. The summed E-state index contributed by atoms with van der Waals surface area (Å²) in [6, 6.07) is 0. The van der Waals surface area contributed by atoms with E-state index in [0.29, 0.717) is 5.02 Å². The Morgan fingerprint density at radius 2 is 1.95 bits per heavy atom. The van der Waals surface area contributed by atoms with Crippen LogP contribution < -0.4 is 5.01 Å². The molecule has 1 aliphatic rings. The van der Waals surface area contributed by atoms with Gasteiger partial charge in [0, 0.05) is 19.3 Å². The third kappa shape index (κ3) is 2.28. The number of pyridine rings is 1. The zero-order valence-electron chi connectivity index (χ0n) is 10.8. The number of aromatic nitrogens is 3. The molecule has 0 radical (unpaired) electrons. The van der Waals surface area contributed by atoms with Crippen LogP contribution in [0.3, 0.4) is 0 Å². The van der Waals surface area contributed by atoms with Gasteiger partial charge in [0.2, 0.25) is 0 Å². The largest absolute Gasteiger partial charge is 0.311 e. The summed E-state index contributed by atoms with van der Waals surface area (Å²) in [4.78, 5) is 8.69. The fourth-order valence-electron chi connectivity index (χ4n) is 2.62. The molecule has 1 unspecified atom stereocenters. The first-order valence-electron chi connectivity index (χ1n) is 6.59. The van der Waals surface area contributed by atoms with Crippen molar-refractivity contribution in [2.24, 2.45) is 0 Å². The van der Waals surface area contributed by atoms with E-state index in [1.54, 1.807) is 12.4 Å². The molecule has 2 aromatic rings. The zero-order valence-corrected chi connectivity index (χ0v) is 12.3. The minimum atomic E-state index is -0.162. The number of halogens is 2. The van der Waals surface area contributed by atoms with Crippen molar-refractivity contribution in [1.82, 2.24) is 14.6 Å². The van der Waals surface area contributed by atoms with Crippen molar-refractivity contribution in [2.75, 3.05) is 18.1 Å². The summed E-state index contributed by atoms with van der Waals surface area (Å²) in [6.45, 7) is 3.96. The molecule has 0 aromatic carbocycles. The summed E-state index contributed by atoms with van der Waals surface area (Å²) in [5.41, 5.74) is 1.72. The predicted octanol–water partition coefficient (Wildman–Crippen LogP) is 3.51. The van der Waals surface area contributed by atoms with Crippen LogP contribution in [-0.2, 0) is 0 Å². The molecular weight excluding hydrogens is 283 g/mol. The van der Waals surface area contributed by atoms with Crippen molar-refractivity contribution in [2.45, 2.75) is 31.6 Å². The van der Waals surface area contributed by atoms with Crippen LogP contribution in [0, 0.1) is 0 Å². The van der Waals surface area contributed by atoms with E-state index in [1.807, 2.05) is 6.92 Å². The van der Waals surface area contributed by atoms with Gasteiger partial charge in [0.25, 0.3) is 0 Å². The van der Waals surface area contributed by atoms with E-state index in [4.69, 9.17) is 23.2 Å². The number of hydrogen-bond donors (Lipinski definition) is 0. The van der Waals surface area contributed by atoms with Crippen LogP contribution in [0.5, 0.6) is 0 Å². The van der Waals surface area contributed by atoms with Crippen LogP contribution in [0.2, 0.25) is 5.02 Å². The molecule has 6 heteroatoms. The highest BCUT2D eigenvalue weighted by Gasteiger charge is 2.22. The Balaban J connectivity index is 2.20. The van der Waals surface area contributed by atoms with Crippen LogP contribution in [0.4, 0.5) is 0 Å². The van der Waals surface area contributed by atoms with Crippen LogP contribution >= 0.6 is 23.2 Å². The third-order valence-electron chi connectivity index (χ3n) is 3.49. The molecule has 0 saturated carbocycles. The van der Waals surface area contributed by atoms with Crippen molar-refractivity contribution in [1.29, 1.82) is 0 Å². The highest BCUT2D eigenvalue weighted by molar-refractivity contribution is 6.34. The molecule has 3 rings (SSSR count). The SMILES string of the molecule is CC(Cl)c1nc2cncc(Cl)c2n1N1CCCCC1. The van der Waals surface area contributed by atoms with Gasteiger partial charge in [-0.15, -0.1) is 11.6 Å². The van der Waals surface area contributed by atoms with Gasteiger partial charge >= 0.3 is 0 Å². The highest BCUT2D eigenvalue weighted by atomic mass is 35.5. The maximum atomic E-state index is 6.31. The molecule has 0 bridgehead atoms. The van der Waals surface area contributed by atoms with Gasteiger partial charge in [0.15, 0.2) is 0 Å². The lowest BCUT2D eigenvalue weighted by Gasteiger charge is -2.31. The average Bonchev–Trinajstić information content (AvgIpc) is 2.81. The van der Waals surface area contributed by atoms with Gasteiger partial charge in [-0.3, -0.25) is 4.98 Å². The third-order valence-corrected chi connectivity index (χ3v) is 3.96. The Labute approximate surface area is 122 Å². The number of nitrogens with zero attached hydrogens (tertiary/aromatic N) is 4. The minimum absolute atomic E-state index is 0.162. The van der Waals surface area contributed by atoms with Gasteiger partial charge in [-0.2, -0.15) is 0 Å². The molecule has 1 saturated heterocycles. The molecule has 4 nitrogen and oxygen atoms in total. The quantitative estimate of drug-likeness (QED) is 0.796. The molecule has 1 aliphatic heterocycles. The zero-order chi connectivity index (χ0) is 13.4. The second-order valence-electron chi connectivity index (χ2n) is 4.90. The van der Waals surface area contributed by atoms with E-state index >= 15 is 0 Å². The fraction of sp³-hybridized carbons (Fsp3) is 0.538. The topological polar surface area (TPSA) is 34.0 Å². The van der Waals surface area contributed by atoms with Crippen molar-refractivity contribution < 1.29 is 0 Å². The second-order valence-corrected chi connectivity index (χ2v) is 5.96. The number of hydrogen-bond acceptors (Lipinski definition) is 3. The summed E-state index contributed by atoms with van der Waals surface area (Å²) in [7, 11) is 0. The molecule has 0 N–H and O–H groups in total.